The highest BCUT2D eigenvalue weighted by Crippen LogP contribution is 2.26. The number of piperidine rings is 1. The van der Waals surface area contributed by atoms with Gasteiger partial charge in [-0.3, -0.25) is 9.69 Å². The molecule has 2 unspecified atom stereocenters. The van der Waals surface area contributed by atoms with Crippen molar-refractivity contribution in [2.24, 2.45) is 11.8 Å². The third kappa shape index (κ3) is 4.77. The second-order valence-electron chi connectivity index (χ2n) is 6.24. The third-order valence-electron chi connectivity index (χ3n) is 4.31. The first-order chi connectivity index (χ1) is 9.17. The molecule has 0 aromatic heterocycles. The number of carbonyl (C=O) groups excluding carboxylic acids is 1. The van der Waals surface area contributed by atoms with Gasteiger partial charge in [-0.1, -0.05) is 13.3 Å². The zero-order valence-corrected chi connectivity index (χ0v) is 12.4. The summed E-state index contributed by atoms with van der Waals surface area (Å²) >= 11 is 0. The minimum Gasteiger partial charge on any atom is -0.465 e. The van der Waals surface area contributed by atoms with Gasteiger partial charge < -0.3 is 10.1 Å². The lowest BCUT2D eigenvalue weighted by Gasteiger charge is -2.37. The van der Waals surface area contributed by atoms with Crippen LogP contribution in [-0.4, -0.2) is 49.7 Å². The molecule has 4 nitrogen and oxygen atoms in total. The minimum atomic E-state index is -0.0886. The van der Waals surface area contributed by atoms with Crippen LogP contribution in [-0.2, 0) is 9.53 Å². The number of hydrogen-bond acceptors (Lipinski definition) is 4. The quantitative estimate of drug-likeness (QED) is 0.744. The van der Waals surface area contributed by atoms with Crippen molar-refractivity contribution >= 4 is 5.97 Å². The van der Waals surface area contributed by atoms with Crippen LogP contribution in [0.4, 0.5) is 0 Å². The standard InChI is InChI=1S/C15H28N2O2/c1-3-19-15(18)11-17-9-12(2)7-14(10-17)16-8-13-5-4-6-13/h12-14,16H,3-11H2,1-2H3. The van der Waals surface area contributed by atoms with Crippen LogP contribution in [0.2, 0.25) is 0 Å². The molecule has 0 aromatic carbocycles. The molecule has 2 fully saturated rings. The SMILES string of the molecule is CCOC(=O)CN1CC(C)CC(NCC2CCC2)C1. The Bertz CT molecular complexity index is 292. The van der Waals surface area contributed by atoms with Gasteiger partial charge in [-0.25, -0.2) is 0 Å². The second kappa shape index (κ2) is 7.25. The average molecular weight is 268 g/mol. The molecule has 2 rings (SSSR count). The molecule has 1 saturated carbocycles. The predicted molar refractivity (Wildman–Crippen MR) is 76.0 cm³/mol. The maximum Gasteiger partial charge on any atom is 0.320 e. The number of hydrogen-bond donors (Lipinski definition) is 1. The molecule has 110 valence electrons. The van der Waals surface area contributed by atoms with Gasteiger partial charge in [0.2, 0.25) is 0 Å². The van der Waals surface area contributed by atoms with E-state index in [4.69, 9.17) is 4.74 Å². The van der Waals surface area contributed by atoms with Crippen molar-refractivity contribution in [1.82, 2.24) is 10.2 Å². The van der Waals surface area contributed by atoms with Crippen LogP contribution in [0.3, 0.4) is 0 Å². The van der Waals surface area contributed by atoms with Crippen molar-refractivity contribution in [3.05, 3.63) is 0 Å². The fourth-order valence-corrected chi connectivity index (χ4v) is 3.16. The molecule has 0 amide bonds. The van der Waals surface area contributed by atoms with Crippen molar-refractivity contribution in [2.45, 2.75) is 45.6 Å². The lowest BCUT2D eigenvalue weighted by atomic mass is 9.85. The monoisotopic (exact) mass is 268 g/mol. The summed E-state index contributed by atoms with van der Waals surface area (Å²) in [7, 11) is 0. The number of rotatable bonds is 6. The van der Waals surface area contributed by atoms with Crippen LogP contribution in [0, 0.1) is 11.8 Å². The number of carbonyl (C=O) groups is 1. The van der Waals surface area contributed by atoms with Gasteiger partial charge in [-0.05, 0) is 44.6 Å². The van der Waals surface area contributed by atoms with E-state index in [1.165, 1.54) is 25.7 Å². The first-order valence-corrected chi connectivity index (χ1v) is 7.78. The first-order valence-electron chi connectivity index (χ1n) is 7.78. The topological polar surface area (TPSA) is 41.6 Å². The Morgan fingerprint density at radius 3 is 2.79 bits per heavy atom. The highest BCUT2D eigenvalue weighted by Gasteiger charge is 2.27. The van der Waals surface area contributed by atoms with Crippen molar-refractivity contribution in [3.8, 4) is 0 Å². The summed E-state index contributed by atoms with van der Waals surface area (Å²) in [6.45, 7) is 8.21. The van der Waals surface area contributed by atoms with E-state index in [9.17, 15) is 4.79 Å². The highest BCUT2D eigenvalue weighted by atomic mass is 16.5. The van der Waals surface area contributed by atoms with E-state index in [1.54, 1.807) is 0 Å². The average Bonchev–Trinajstić information content (AvgIpc) is 2.26. The number of likely N-dealkylation sites (tertiary alicyclic amines) is 1. The second-order valence-corrected chi connectivity index (χ2v) is 6.24. The number of nitrogens with one attached hydrogen (secondary N) is 1. The highest BCUT2D eigenvalue weighted by molar-refractivity contribution is 5.71. The molecule has 0 aromatic rings. The van der Waals surface area contributed by atoms with E-state index in [-0.39, 0.29) is 5.97 Å². The summed E-state index contributed by atoms with van der Waals surface area (Å²) in [5.74, 6) is 1.46. The Morgan fingerprint density at radius 2 is 2.16 bits per heavy atom. The Hall–Kier alpha value is -0.610. The van der Waals surface area contributed by atoms with Crippen LogP contribution in [0.1, 0.15) is 39.5 Å². The van der Waals surface area contributed by atoms with E-state index in [1.807, 2.05) is 6.92 Å². The molecule has 0 spiro atoms. The van der Waals surface area contributed by atoms with Gasteiger partial charge in [0.05, 0.1) is 13.2 Å². The van der Waals surface area contributed by atoms with Crippen molar-refractivity contribution in [2.75, 3.05) is 32.8 Å². The lowest BCUT2D eigenvalue weighted by molar-refractivity contribution is -0.144. The summed E-state index contributed by atoms with van der Waals surface area (Å²) in [6, 6.07) is 0.541. The molecule has 1 heterocycles. The van der Waals surface area contributed by atoms with Crippen molar-refractivity contribution in [1.29, 1.82) is 0 Å². The number of ether oxygens (including phenoxy) is 1. The zero-order valence-electron chi connectivity index (χ0n) is 12.4. The van der Waals surface area contributed by atoms with E-state index < -0.39 is 0 Å². The molecule has 2 aliphatic rings. The lowest BCUT2D eigenvalue weighted by Crippen LogP contribution is -2.51. The summed E-state index contributed by atoms with van der Waals surface area (Å²) in [4.78, 5) is 13.8. The van der Waals surface area contributed by atoms with Crippen molar-refractivity contribution in [3.63, 3.8) is 0 Å². The van der Waals surface area contributed by atoms with E-state index in [0.29, 0.717) is 25.1 Å². The fraction of sp³-hybridized carbons (Fsp3) is 0.933. The predicted octanol–water partition coefficient (Wildman–Crippen LogP) is 1.65. The number of nitrogens with zero attached hydrogens (tertiary/aromatic N) is 1. The summed E-state index contributed by atoms with van der Waals surface area (Å²) in [6.07, 6.45) is 5.41. The van der Waals surface area contributed by atoms with Crippen LogP contribution < -0.4 is 5.32 Å². The normalized spacial score (nSPS) is 28.9. The summed E-state index contributed by atoms with van der Waals surface area (Å²) in [5.41, 5.74) is 0. The van der Waals surface area contributed by atoms with Gasteiger partial charge in [0.15, 0.2) is 0 Å². The maximum absolute atomic E-state index is 11.6. The molecule has 1 N–H and O–H groups in total. The Kier molecular flexibility index (Phi) is 5.64. The first kappa shape index (κ1) is 14.8. The molecule has 19 heavy (non-hydrogen) atoms. The van der Waals surface area contributed by atoms with Crippen molar-refractivity contribution < 1.29 is 9.53 Å². The summed E-state index contributed by atoms with van der Waals surface area (Å²) in [5, 5.41) is 3.70. The van der Waals surface area contributed by atoms with E-state index in [2.05, 4.69) is 17.1 Å². The number of esters is 1. The van der Waals surface area contributed by atoms with Gasteiger partial charge in [0.25, 0.3) is 0 Å². The van der Waals surface area contributed by atoms with Crippen LogP contribution in [0.25, 0.3) is 0 Å². The molecular weight excluding hydrogens is 240 g/mol. The molecule has 1 saturated heterocycles. The van der Waals surface area contributed by atoms with Crippen LogP contribution in [0.15, 0.2) is 0 Å². The smallest absolute Gasteiger partial charge is 0.320 e. The van der Waals surface area contributed by atoms with Gasteiger partial charge in [0.1, 0.15) is 0 Å². The van der Waals surface area contributed by atoms with Gasteiger partial charge in [0, 0.05) is 19.1 Å². The van der Waals surface area contributed by atoms with Crippen LogP contribution >= 0.6 is 0 Å². The molecule has 4 heteroatoms. The fourth-order valence-electron chi connectivity index (χ4n) is 3.16. The molecule has 0 bridgehead atoms. The van der Waals surface area contributed by atoms with E-state index in [0.717, 1.165) is 25.6 Å². The maximum atomic E-state index is 11.6. The Balaban J connectivity index is 1.72. The molecular formula is C15H28N2O2. The summed E-state index contributed by atoms with van der Waals surface area (Å²) < 4.78 is 5.04. The van der Waals surface area contributed by atoms with Gasteiger partial charge >= 0.3 is 5.97 Å². The molecule has 1 aliphatic heterocycles. The molecule has 1 aliphatic carbocycles. The molecule has 2 atom stereocenters. The van der Waals surface area contributed by atoms with Gasteiger partial charge in [-0.15, -0.1) is 0 Å². The minimum absolute atomic E-state index is 0.0886. The van der Waals surface area contributed by atoms with Gasteiger partial charge in [-0.2, -0.15) is 0 Å². The van der Waals surface area contributed by atoms with Crippen LogP contribution in [0.5, 0.6) is 0 Å². The Morgan fingerprint density at radius 1 is 1.37 bits per heavy atom. The zero-order chi connectivity index (χ0) is 13.7. The van der Waals surface area contributed by atoms with E-state index >= 15 is 0 Å². The molecule has 0 radical (unpaired) electrons. The third-order valence-corrected chi connectivity index (χ3v) is 4.31. The Labute approximate surface area is 116 Å². The largest absolute Gasteiger partial charge is 0.465 e.